The van der Waals surface area contributed by atoms with Gasteiger partial charge in [-0.15, -0.1) is 0 Å². The number of nitrogens with one attached hydrogen (secondary N) is 1. The van der Waals surface area contributed by atoms with E-state index in [-0.39, 0.29) is 31.0 Å². The molecule has 2 heterocycles. The van der Waals surface area contributed by atoms with Crippen LogP contribution in [-0.4, -0.2) is 51.2 Å². The topological polar surface area (TPSA) is 113 Å². The highest BCUT2D eigenvalue weighted by Crippen LogP contribution is 2.20. The first-order valence-electron chi connectivity index (χ1n) is 6.75. The van der Waals surface area contributed by atoms with Crippen molar-refractivity contribution in [2.45, 2.75) is 32.7 Å². The van der Waals surface area contributed by atoms with E-state index in [4.69, 9.17) is 9.84 Å². The third-order valence-corrected chi connectivity index (χ3v) is 3.34. The maximum Gasteiger partial charge on any atom is 0.356 e. The van der Waals surface area contributed by atoms with Crippen LogP contribution in [0.4, 0.5) is 0 Å². The molecule has 1 aromatic heterocycles. The molecule has 1 aliphatic rings. The van der Waals surface area contributed by atoms with Gasteiger partial charge in [0.05, 0.1) is 25.3 Å². The molecule has 2 N–H and O–H groups in total. The Bertz CT molecular complexity index is 566. The molecule has 1 aromatic rings. The van der Waals surface area contributed by atoms with Crippen LogP contribution < -0.4 is 0 Å². The third kappa shape index (κ3) is 3.39. The Morgan fingerprint density at radius 3 is 2.81 bits per heavy atom. The number of amides is 1. The van der Waals surface area contributed by atoms with Gasteiger partial charge in [-0.3, -0.25) is 14.7 Å². The Kier molecular flexibility index (Phi) is 4.56. The molecule has 0 aromatic carbocycles. The van der Waals surface area contributed by atoms with Gasteiger partial charge >= 0.3 is 11.9 Å². The third-order valence-electron chi connectivity index (χ3n) is 3.34. The van der Waals surface area contributed by atoms with Crippen molar-refractivity contribution < 1.29 is 24.2 Å². The van der Waals surface area contributed by atoms with Crippen molar-refractivity contribution in [3.05, 3.63) is 17.0 Å². The van der Waals surface area contributed by atoms with Crippen LogP contribution in [0.3, 0.4) is 0 Å². The summed E-state index contributed by atoms with van der Waals surface area (Å²) in [6.45, 7) is 2.72. The zero-order valence-corrected chi connectivity index (χ0v) is 11.7. The molecule has 0 fully saturated rings. The van der Waals surface area contributed by atoms with E-state index in [1.807, 2.05) is 0 Å². The summed E-state index contributed by atoms with van der Waals surface area (Å²) in [4.78, 5) is 35.8. The number of aromatic amines is 1. The van der Waals surface area contributed by atoms with Crippen molar-refractivity contribution in [1.29, 1.82) is 0 Å². The number of carbonyl (C=O) groups is 3. The molecule has 8 nitrogen and oxygen atoms in total. The Balaban J connectivity index is 1.93. The number of carboxylic acid groups (broad SMARTS) is 1. The van der Waals surface area contributed by atoms with E-state index in [0.717, 1.165) is 0 Å². The van der Waals surface area contributed by atoms with Gasteiger partial charge in [-0.05, 0) is 13.3 Å². The first-order chi connectivity index (χ1) is 10.0. The van der Waals surface area contributed by atoms with Crippen LogP contribution in [0.5, 0.6) is 0 Å². The summed E-state index contributed by atoms with van der Waals surface area (Å²) in [5.74, 6) is -1.62. The van der Waals surface area contributed by atoms with E-state index < -0.39 is 11.9 Å². The normalized spacial score (nSPS) is 13.7. The number of hydrogen-bond acceptors (Lipinski definition) is 5. The molecule has 2 rings (SSSR count). The van der Waals surface area contributed by atoms with Crippen LogP contribution in [0, 0.1) is 0 Å². The summed E-state index contributed by atoms with van der Waals surface area (Å²) in [5.41, 5.74) is 1.31. The van der Waals surface area contributed by atoms with E-state index in [0.29, 0.717) is 30.8 Å². The van der Waals surface area contributed by atoms with Gasteiger partial charge in [0.1, 0.15) is 0 Å². The van der Waals surface area contributed by atoms with E-state index in [1.165, 1.54) is 0 Å². The minimum atomic E-state index is -1.07. The fraction of sp³-hybridized carbons (Fsp3) is 0.538. The maximum atomic E-state index is 12.0. The minimum Gasteiger partial charge on any atom is -0.476 e. The molecule has 8 heteroatoms. The van der Waals surface area contributed by atoms with Crippen LogP contribution in [0.2, 0.25) is 0 Å². The molecule has 1 amide bonds. The summed E-state index contributed by atoms with van der Waals surface area (Å²) < 4.78 is 4.77. The molecule has 0 saturated heterocycles. The number of aromatic carboxylic acids is 1. The number of aromatic nitrogens is 2. The molecular weight excluding hydrogens is 278 g/mol. The second-order valence-electron chi connectivity index (χ2n) is 4.70. The Labute approximate surface area is 121 Å². The lowest BCUT2D eigenvalue weighted by atomic mass is 10.0. The van der Waals surface area contributed by atoms with Gasteiger partial charge < -0.3 is 14.7 Å². The molecular formula is C13H17N3O5. The molecule has 114 valence electrons. The first-order valence-corrected chi connectivity index (χ1v) is 6.75. The van der Waals surface area contributed by atoms with Gasteiger partial charge in [-0.2, -0.15) is 5.10 Å². The Morgan fingerprint density at radius 2 is 2.14 bits per heavy atom. The lowest BCUT2D eigenvalue weighted by molar-refractivity contribution is -0.145. The number of rotatable bonds is 5. The van der Waals surface area contributed by atoms with Crippen molar-refractivity contribution in [3.8, 4) is 0 Å². The van der Waals surface area contributed by atoms with Gasteiger partial charge in [-0.25, -0.2) is 4.79 Å². The predicted molar refractivity (Wildman–Crippen MR) is 70.5 cm³/mol. The highest BCUT2D eigenvalue weighted by atomic mass is 16.5. The number of hydrogen-bond donors (Lipinski definition) is 2. The highest BCUT2D eigenvalue weighted by Gasteiger charge is 2.27. The zero-order chi connectivity index (χ0) is 15.4. The van der Waals surface area contributed by atoms with E-state index in [9.17, 15) is 14.4 Å². The molecule has 1 aliphatic heterocycles. The summed E-state index contributed by atoms with van der Waals surface area (Å²) in [5, 5.41) is 15.4. The van der Waals surface area contributed by atoms with Crippen LogP contribution in [0.1, 0.15) is 41.5 Å². The summed E-state index contributed by atoms with van der Waals surface area (Å²) in [6.07, 6.45) is 0.589. The quantitative estimate of drug-likeness (QED) is 0.757. The zero-order valence-electron chi connectivity index (χ0n) is 11.7. The van der Waals surface area contributed by atoms with Gasteiger partial charge in [0, 0.05) is 18.5 Å². The van der Waals surface area contributed by atoms with Crippen molar-refractivity contribution in [3.63, 3.8) is 0 Å². The number of carboxylic acids is 1. The van der Waals surface area contributed by atoms with Gasteiger partial charge in [-0.1, -0.05) is 0 Å². The summed E-state index contributed by atoms with van der Waals surface area (Å²) in [6, 6.07) is 0. The Morgan fingerprint density at radius 1 is 1.38 bits per heavy atom. The standard InChI is InChI=1S/C13H17N3O5/c1-2-21-11(18)4-3-10(17)16-6-5-8-9(7-16)14-15-12(8)13(19)20/h2-7H2,1H3,(H,14,15)(H,19,20). The minimum absolute atomic E-state index is 0.0172. The SMILES string of the molecule is CCOC(=O)CCC(=O)N1CCc2c(C(=O)O)n[nH]c2C1. The van der Waals surface area contributed by atoms with Crippen molar-refractivity contribution in [2.24, 2.45) is 0 Å². The number of ether oxygens (including phenoxy) is 1. The monoisotopic (exact) mass is 295 g/mol. The number of nitrogens with zero attached hydrogens (tertiary/aromatic N) is 2. The largest absolute Gasteiger partial charge is 0.476 e. The molecule has 0 spiro atoms. The molecule has 0 aliphatic carbocycles. The van der Waals surface area contributed by atoms with E-state index in [1.54, 1.807) is 11.8 Å². The molecule has 21 heavy (non-hydrogen) atoms. The van der Waals surface area contributed by atoms with Gasteiger partial charge in [0.25, 0.3) is 0 Å². The van der Waals surface area contributed by atoms with Crippen LogP contribution >= 0.6 is 0 Å². The fourth-order valence-corrected chi connectivity index (χ4v) is 2.31. The second-order valence-corrected chi connectivity index (χ2v) is 4.70. The van der Waals surface area contributed by atoms with Crippen LogP contribution in [-0.2, 0) is 27.3 Å². The lowest BCUT2D eigenvalue weighted by Gasteiger charge is -2.26. The fourth-order valence-electron chi connectivity index (χ4n) is 2.31. The van der Waals surface area contributed by atoms with E-state index in [2.05, 4.69) is 10.2 Å². The van der Waals surface area contributed by atoms with Crippen LogP contribution in [0.15, 0.2) is 0 Å². The smallest absolute Gasteiger partial charge is 0.356 e. The Hall–Kier alpha value is -2.38. The maximum absolute atomic E-state index is 12.0. The van der Waals surface area contributed by atoms with Crippen molar-refractivity contribution in [2.75, 3.05) is 13.2 Å². The van der Waals surface area contributed by atoms with Crippen LogP contribution in [0.25, 0.3) is 0 Å². The average Bonchev–Trinajstić information content (AvgIpc) is 2.88. The lowest BCUT2D eigenvalue weighted by Crippen LogP contribution is -2.36. The second kappa shape index (κ2) is 6.38. The van der Waals surface area contributed by atoms with E-state index >= 15 is 0 Å². The number of esters is 1. The number of H-pyrrole nitrogens is 1. The molecule has 0 radical (unpaired) electrons. The molecule has 0 bridgehead atoms. The highest BCUT2D eigenvalue weighted by molar-refractivity contribution is 5.87. The molecule has 0 unspecified atom stereocenters. The predicted octanol–water partition coefficient (Wildman–Crippen LogP) is 0.336. The summed E-state index contributed by atoms with van der Waals surface area (Å²) >= 11 is 0. The number of fused-ring (bicyclic) bond motifs is 1. The molecule has 0 saturated carbocycles. The number of carbonyl (C=O) groups excluding carboxylic acids is 2. The summed E-state index contributed by atoms with van der Waals surface area (Å²) in [7, 11) is 0. The first kappa shape index (κ1) is 15.0. The molecule has 0 atom stereocenters. The van der Waals surface area contributed by atoms with Gasteiger partial charge in [0.15, 0.2) is 5.69 Å². The van der Waals surface area contributed by atoms with Gasteiger partial charge in [0.2, 0.25) is 5.91 Å². The average molecular weight is 295 g/mol. The van der Waals surface area contributed by atoms with Crippen molar-refractivity contribution >= 4 is 17.8 Å². The van der Waals surface area contributed by atoms with Crippen molar-refractivity contribution in [1.82, 2.24) is 15.1 Å².